The lowest BCUT2D eigenvalue weighted by Crippen LogP contribution is -1.89. The number of anilines is 1. The zero-order chi connectivity index (χ0) is 15.0. The summed E-state index contributed by atoms with van der Waals surface area (Å²) in [5, 5.41) is 7.17. The molecule has 3 aromatic rings. The van der Waals surface area contributed by atoms with E-state index in [2.05, 4.69) is 42.1 Å². The molecule has 0 bridgehead atoms. The number of aromatic nitrogens is 2. The van der Waals surface area contributed by atoms with Gasteiger partial charge < -0.3 is 10.5 Å². The van der Waals surface area contributed by atoms with Gasteiger partial charge in [0.1, 0.15) is 5.75 Å². The molecule has 4 nitrogen and oxygen atoms in total. The highest BCUT2D eigenvalue weighted by molar-refractivity contribution is 9.13. The Kier molecular flexibility index (Phi) is 4.05. The molecule has 0 amide bonds. The number of ether oxygens (including phenoxy) is 1. The molecule has 0 atom stereocenters. The normalized spacial score (nSPS) is 10.8. The van der Waals surface area contributed by atoms with Crippen LogP contribution in [0.5, 0.6) is 5.75 Å². The molecule has 0 fully saturated rings. The first-order valence-electron chi connectivity index (χ1n) is 6.03. The molecule has 0 aliphatic carbocycles. The van der Waals surface area contributed by atoms with E-state index in [1.807, 2.05) is 30.3 Å². The van der Waals surface area contributed by atoms with Crippen LogP contribution < -0.4 is 10.5 Å². The zero-order valence-electron chi connectivity index (χ0n) is 11.0. The number of halogens is 2. The Bertz CT molecular complexity index is 761. The van der Waals surface area contributed by atoms with Crippen LogP contribution in [-0.4, -0.2) is 17.3 Å². The third kappa shape index (κ3) is 2.73. The molecular weight excluding hydrogens is 418 g/mol. The first kappa shape index (κ1) is 14.6. The van der Waals surface area contributed by atoms with E-state index in [0.29, 0.717) is 5.82 Å². The van der Waals surface area contributed by atoms with Gasteiger partial charge in [0.15, 0.2) is 5.82 Å². The van der Waals surface area contributed by atoms with Crippen molar-refractivity contribution in [3.63, 3.8) is 0 Å². The van der Waals surface area contributed by atoms with Gasteiger partial charge >= 0.3 is 0 Å². The molecule has 108 valence electrons. The van der Waals surface area contributed by atoms with E-state index in [1.54, 1.807) is 18.4 Å². The van der Waals surface area contributed by atoms with Crippen molar-refractivity contribution < 1.29 is 4.74 Å². The van der Waals surface area contributed by atoms with E-state index < -0.39 is 0 Å². The predicted octanol–water partition coefficient (Wildman–Crippen LogP) is 4.92. The lowest BCUT2D eigenvalue weighted by atomic mass is 10.0. The Morgan fingerprint density at radius 2 is 1.95 bits per heavy atom. The van der Waals surface area contributed by atoms with Gasteiger partial charge in [-0.2, -0.15) is 5.10 Å². The lowest BCUT2D eigenvalue weighted by Gasteiger charge is -2.04. The van der Waals surface area contributed by atoms with E-state index in [0.717, 1.165) is 35.7 Å². The Morgan fingerprint density at radius 1 is 1.24 bits per heavy atom. The Balaban J connectivity index is 2.11. The molecule has 0 aliphatic heterocycles. The molecule has 0 radical (unpaired) electrons. The maximum atomic E-state index is 6.03. The molecule has 1 aromatic carbocycles. The van der Waals surface area contributed by atoms with Gasteiger partial charge in [-0.1, -0.05) is 12.1 Å². The summed E-state index contributed by atoms with van der Waals surface area (Å²) in [7, 11) is 1.65. The van der Waals surface area contributed by atoms with Crippen LogP contribution in [-0.2, 0) is 0 Å². The number of nitrogens with two attached hydrogens (primary N) is 1. The van der Waals surface area contributed by atoms with Crippen molar-refractivity contribution in [3.8, 4) is 27.4 Å². The molecule has 2 aromatic heterocycles. The molecule has 3 N–H and O–H groups in total. The Hall–Kier alpha value is -1.31. The van der Waals surface area contributed by atoms with E-state index in [1.165, 1.54) is 0 Å². The van der Waals surface area contributed by atoms with Gasteiger partial charge in [0, 0.05) is 4.47 Å². The summed E-state index contributed by atoms with van der Waals surface area (Å²) in [4.78, 5) is 1.06. The van der Waals surface area contributed by atoms with E-state index >= 15 is 0 Å². The van der Waals surface area contributed by atoms with Gasteiger partial charge in [0.25, 0.3) is 0 Å². The van der Waals surface area contributed by atoms with Crippen LogP contribution in [0.3, 0.4) is 0 Å². The largest absolute Gasteiger partial charge is 0.497 e. The first-order valence-corrected chi connectivity index (χ1v) is 8.44. The fourth-order valence-electron chi connectivity index (χ4n) is 2.05. The summed E-state index contributed by atoms with van der Waals surface area (Å²) < 4.78 is 7.23. The molecule has 0 saturated heterocycles. The van der Waals surface area contributed by atoms with Gasteiger partial charge in [-0.05, 0) is 55.6 Å². The van der Waals surface area contributed by atoms with E-state index in [4.69, 9.17) is 10.5 Å². The second-order valence-electron chi connectivity index (χ2n) is 4.32. The summed E-state index contributed by atoms with van der Waals surface area (Å²) in [6, 6.07) is 9.80. The number of hydrogen-bond donors (Lipinski definition) is 2. The number of nitrogen functional groups attached to an aromatic ring is 1. The number of methoxy groups -OCH3 is 1. The van der Waals surface area contributed by atoms with Crippen molar-refractivity contribution in [2.75, 3.05) is 12.8 Å². The highest BCUT2D eigenvalue weighted by Gasteiger charge is 2.17. The number of H-pyrrole nitrogens is 1. The van der Waals surface area contributed by atoms with Gasteiger partial charge in [-0.15, -0.1) is 11.3 Å². The highest BCUT2D eigenvalue weighted by atomic mass is 79.9. The molecule has 2 heterocycles. The number of benzene rings is 1. The molecule has 3 rings (SSSR count). The average molecular weight is 429 g/mol. The minimum Gasteiger partial charge on any atom is -0.497 e. The van der Waals surface area contributed by atoms with Gasteiger partial charge in [-0.25, -0.2) is 0 Å². The summed E-state index contributed by atoms with van der Waals surface area (Å²) in [5.74, 6) is 1.29. The lowest BCUT2D eigenvalue weighted by molar-refractivity contribution is 0.415. The number of rotatable bonds is 3. The standard InChI is InChI=1S/C14H11Br2N3OS/c1-20-8-4-2-7(3-5-8)11-12(18-19-14(11)17)10-6-9(15)13(16)21-10/h2-6H,1H3,(H3,17,18,19). The Morgan fingerprint density at radius 3 is 2.52 bits per heavy atom. The SMILES string of the molecule is COc1ccc(-c2c(N)n[nH]c2-c2cc(Br)c(Br)s2)cc1. The van der Waals surface area contributed by atoms with Crippen LogP contribution in [0, 0.1) is 0 Å². The van der Waals surface area contributed by atoms with Gasteiger partial charge in [0.2, 0.25) is 0 Å². The number of nitrogens with one attached hydrogen (secondary N) is 1. The van der Waals surface area contributed by atoms with Crippen molar-refractivity contribution in [1.82, 2.24) is 10.2 Å². The molecule has 0 saturated carbocycles. The minimum absolute atomic E-state index is 0.482. The van der Waals surface area contributed by atoms with Crippen molar-refractivity contribution in [3.05, 3.63) is 38.6 Å². The van der Waals surface area contributed by atoms with Crippen LogP contribution in [0.15, 0.2) is 38.6 Å². The molecule has 0 spiro atoms. The zero-order valence-corrected chi connectivity index (χ0v) is 15.0. The molecular formula is C14H11Br2N3OS. The second-order valence-corrected chi connectivity index (χ2v) is 7.54. The number of hydrogen-bond acceptors (Lipinski definition) is 4. The predicted molar refractivity (Wildman–Crippen MR) is 93.7 cm³/mol. The van der Waals surface area contributed by atoms with Crippen LogP contribution in [0.2, 0.25) is 0 Å². The van der Waals surface area contributed by atoms with Crippen molar-refractivity contribution >= 4 is 49.0 Å². The maximum absolute atomic E-state index is 6.03. The summed E-state index contributed by atoms with van der Waals surface area (Å²) in [6.07, 6.45) is 0. The molecule has 0 aliphatic rings. The smallest absolute Gasteiger partial charge is 0.153 e. The quantitative estimate of drug-likeness (QED) is 0.622. The first-order chi connectivity index (χ1) is 10.1. The topological polar surface area (TPSA) is 63.9 Å². The van der Waals surface area contributed by atoms with Crippen LogP contribution in [0.1, 0.15) is 0 Å². The monoisotopic (exact) mass is 427 g/mol. The van der Waals surface area contributed by atoms with Crippen molar-refractivity contribution in [2.45, 2.75) is 0 Å². The van der Waals surface area contributed by atoms with Crippen molar-refractivity contribution in [2.24, 2.45) is 0 Å². The van der Waals surface area contributed by atoms with Crippen molar-refractivity contribution in [1.29, 1.82) is 0 Å². The minimum atomic E-state index is 0.482. The van der Waals surface area contributed by atoms with Crippen LogP contribution in [0.4, 0.5) is 5.82 Å². The fraction of sp³-hybridized carbons (Fsp3) is 0.0714. The van der Waals surface area contributed by atoms with Crippen LogP contribution in [0.25, 0.3) is 21.7 Å². The molecule has 0 unspecified atom stereocenters. The molecule has 7 heteroatoms. The van der Waals surface area contributed by atoms with Crippen LogP contribution >= 0.6 is 43.2 Å². The van der Waals surface area contributed by atoms with Gasteiger partial charge in [0.05, 0.1) is 27.0 Å². The van der Waals surface area contributed by atoms with Gasteiger partial charge in [-0.3, -0.25) is 5.10 Å². The third-order valence-corrected chi connectivity index (χ3v) is 6.34. The maximum Gasteiger partial charge on any atom is 0.153 e. The number of thiophene rings is 1. The Labute approximate surface area is 142 Å². The summed E-state index contributed by atoms with van der Waals surface area (Å²) in [6.45, 7) is 0. The summed E-state index contributed by atoms with van der Waals surface area (Å²) >= 11 is 8.63. The van der Waals surface area contributed by atoms with E-state index in [9.17, 15) is 0 Å². The molecule has 21 heavy (non-hydrogen) atoms. The average Bonchev–Trinajstić information content (AvgIpc) is 3.02. The third-order valence-electron chi connectivity index (χ3n) is 3.06. The summed E-state index contributed by atoms with van der Waals surface area (Å²) in [5.41, 5.74) is 8.84. The highest BCUT2D eigenvalue weighted by Crippen LogP contribution is 2.42. The van der Waals surface area contributed by atoms with E-state index in [-0.39, 0.29) is 0 Å². The number of nitrogens with zero attached hydrogens (tertiary/aromatic N) is 1. The second kappa shape index (κ2) is 5.82. The number of aromatic amines is 1. The fourth-order valence-corrected chi connectivity index (χ4v) is 4.09.